The van der Waals surface area contributed by atoms with Crippen LogP contribution in [0.5, 0.6) is 0 Å². The van der Waals surface area contributed by atoms with Crippen LogP contribution in [-0.2, 0) is 0 Å². The zero-order valence-corrected chi connectivity index (χ0v) is 14.3. The minimum absolute atomic E-state index is 0.0563. The zero-order chi connectivity index (χ0) is 19.5. The lowest BCUT2D eigenvalue weighted by Crippen LogP contribution is -1.93. The van der Waals surface area contributed by atoms with Crippen molar-refractivity contribution in [3.05, 3.63) is 76.5 Å². The highest BCUT2D eigenvalue weighted by atomic mass is 16.6. The lowest BCUT2D eigenvalue weighted by atomic mass is 10.2. The van der Waals surface area contributed by atoms with Crippen LogP contribution in [0.2, 0.25) is 0 Å². The molecule has 4 rings (SSSR count). The third-order valence-corrected chi connectivity index (χ3v) is 3.99. The maximum Gasteiger partial charge on any atom is 0.280 e. The summed E-state index contributed by atoms with van der Waals surface area (Å²) in [6, 6.07) is 15.0. The van der Waals surface area contributed by atoms with Crippen LogP contribution >= 0.6 is 0 Å². The van der Waals surface area contributed by atoms with Gasteiger partial charge in [-0.15, -0.1) is 0 Å². The number of aromatic amines is 1. The second-order valence-electron chi connectivity index (χ2n) is 5.82. The summed E-state index contributed by atoms with van der Waals surface area (Å²) in [6.45, 7) is 0. The van der Waals surface area contributed by atoms with Gasteiger partial charge in [-0.05, 0) is 36.4 Å². The number of H-pyrrole nitrogens is 1. The second kappa shape index (κ2) is 7.16. The van der Waals surface area contributed by atoms with Crippen LogP contribution in [0.1, 0.15) is 10.4 Å². The molecule has 0 aliphatic carbocycles. The lowest BCUT2D eigenvalue weighted by molar-refractivity contribution is -0.385. The standard InChI is InChI=1S/C19H12N6O3/c26-11-12-9-13(5-6-18(12)25(27)28)23-24-14-7-8-20-17(10-14)19-21-15-3-1-2-4-16(15)22-19/h1-11H,(H,21,22). The highest BCUT2D eigenvalue weighted by Crippen LogP contribution is 2.26. The molecule has 0 spiro atoms. The van der Waals surface area contributed by atoms with Crippen molar-refractivity contribution in [2.75, 3.05) is 0 Å². The van der Waals surface area contributed by atoms with E-state index in [9.17, 15) is 14.9 Å². The summed E-state index contributed by atoms with van der Waals surface area (Å²) in [7, 11) is 0. The zero-order valence-electron chi connectivity index (χ0n) is 14.3. The molecular weight excluding hydrogens is 360 g/mol. The van der Waals surface area contributed by atoms with Gasteiger partial charge >= 0.3 is 0 Å². The van der Waals surface area contributed by atoms with Crippen LogP contribution in [0.15, 0.2) is 71.0 Å². The highest BCUT2D eigenvalue weighted by molar-refractivity contribution is 5.83. The molecule has 0 saturated carbocycles. The van der Waals surface area contributed by atoms with Gasteiger partial charge in [-0.2, -0.15) is 10.2 Å². The van der Waals surface area contributed by atoms with E-state index in [1.807, 2.05) is 24.3 Å². The molecule has 0 amide bonds. The number of carbonyl (C=O) groups excluding carboxylic acids is 1. The largest absolute Gasteiger partial charge is 0.337 e. The first-order valence-corrected chi connectivity index (χ1v) is 8.20. The van der Waals surface area contributed by atoms with Gasteiger partial charge in [0.2, 0.25) is 0 Å². The van der Waals surface area contributed by atoms with Crippen LogP contribution in [0.25, 0.3) is 22.6 Å². The average molecular weight is 372 g/mol. The third kappa shape index (κ3) is 3.36. The van der Waals surface area contributed by atoms with E-state index in [-0.39, 0.29) is 11.3 Å². The Labute approximate surface area is 158 Å². The van der Waals surface area contributed by atoms with E-state index in [1.54, 1.807) is 18.3 Å². The number of benzene rings is 2. The summed E-state index contributed by atoms with van der Waals surface area (Å²) in [5.74, 6) is 0.608. The van der Waals surface area contributed by atoms with Crippen molar-refractivity contribution in [1.82, 2.24) is 15.0 Å². The number of nitrogens with one attached hydrogen (secondary N) is 1. The smallest absolute Gasteiger partial charge is 0.280 e. The number of azo groups is 1. The Morgan fingerprint density at radius 3 is 2.57 bits per heavy atom. The van der Waals surface area contributed by atoms with Gasteiger partial charge in [0, 0.05) is 12.3 Å². The molecule has 0 fully saturated rings. The summed E-state index contributed by atoms with van der Waals surface area (Å²) >= 11 is 0. The van der Waals surface area contributed by atoms with Crippen molar-refractivity contribution < 1.29 is 9.72 Å². The molecular formula is C19H12N6O3. The number of aromatic nitrogens is 3. The number of hydrogen-bond acceptors (Lipinski definition) is 7. The summed E-state index contributed by atoms with van der Waals surface area (Å²) < 4.78 is 0. The second-order valence-corrected chi connectivity index (χ2v) is 5.82. The Morgan fingerprint density at radius 1 is 1.04 bits per heavy atom. The Kier molecular flexibility index (Phi) is 4.38. The molecule has 0 atom stereocenters. The third-order valence-electron chi connectivity index (χ3n) is 3.99. The number of rotatable bonds is 5. The first-order valence-electron chi connectivity index (χ1n) is 8.20. The number of nitrogens with zero attached hydrogens (tertiary/aromatic N) is 5. The molecule has 0 unspecified atom stereocenters. The molecule has 136 valence electrons. The topological polar surface area (TPSA) is 126 Å². The number of pyridine rings is 1. The van der Waals surface area contributed by atoms with E-state index in [0.29, 0.717) is 29.2 Å². The first kappa shape index (κ1) is 17.2. The summed E-state index contributed by atoms with van der Waals surface area (Å²) in [5, 5.41) is 19.1. The van der Waals surface area contributed by atoms with Crippen molar-refractivity contribution in [2.24, 2.45) is 10.2 Å². The molecule has 2 aromatic carbocycles. The molecule has 9 heteroatoms. The van der Waals surface area contributed by atoms with Crippen molar-refractivity contribution in [2.45, 2.75) is 0 Å². The SMILES string of the molecule is O=Cc1cc(N=Nc2ccnc(-c3nc4ccccc4[nH]3)c2)ccc1[N+](=O)[O-]. The van der Waals surface area contributed by atoms with E-state index in [2.05, 4.69) is 25.2 Å². The number of para-hydroxylation sites is 2. The van der Waals surface area contributed by atoms with Crippen LogP contribution in [0.4, 0.5) is 17.1 Å². The molecule has 0 aliphatic heterocycles. The molecule has 4 aromatic rings. The fraction of sp³-hybridized carbons (Fsp3) is 0. The maximum absolute atomic E-state index is 11.0. The predicted molar refractivity (Wildman–Crippen MR) is 102 cm³/mol. The molecule has 0 aliphatic rings. The molecule has 0 bridgehead atoms. The number of aldehydes is 1. The van der Waals surface area contributed by atoms with Crippen molar-refractivity contribution in [3.8, 4) is 11.5 Å². The molecule has 1 N–H and O–H groups in total. The fourth-order valence-electron chi connectivity index (χ4n) is 2.67. The number of imidazole rings is 1. The molecule has 28 heavy (non-hydrogen) atoms. The van der Waals surface area contributed by atoms with E-state index >= 15 is 0 Å². The van der Waals surface area contributed by atoms with Gasteiger partial charge in [-0.1, -0.05) is 12.1 Å². The van der Waals surface area contributed by atoms with Crippen molar-refractivity contribution in [1.29, 1.82) is 0 Å². The van der Waals surface area contributed by atoms with Gasteiger partial charge in [0.25, 0.3) is 5.69 Å². The van der Waals surface area contributed by atoms with E-state index in [0.717, 1.165) is 11.0 Å². The van der Waals surface area contributed by atoms with E-state index < -0.39 is 4.92 Å². The maximum atomic E-state index is 11.0. The Bertz CT molecular complexity index is 1200. The Morgan fingerprint density at radius 2 is 1.82 bits per heavy atom. The molecule has 2 heterocycles. The highest BCUT2D eigenvalue weighted by Gasteiger charge is 2.13. The van der Waals surface area contributed by atoms with Gasteiger partial charge in [0.05, 0.1) is 32.9 Å². The summed E-state index contributed by atoms with van der Waals surface area (Å²) in [5.41, 5.74) is 2.86. The van der Waals surface area contributed by atoms with Gasteiger partial charge in [-0.25, -0.2) is 4.98 Å². The predicted octanol–water partition coefficient (Wildman–Crippen LogP) is 4.76. The number of hydrogen-bond donors (Lipinski definition) is 1. The number of fused-ring (bicyclic) bond motifs is 1. The monoisotopic (exact) mass is 372 g/mol. The first-order chi connectivity index (χ1) is 13.6. The van der Waals surface area contributed by atoms with Gasteiger partial charge in [0.15, 0.2) is 12.1 Å². The van der Waals surface area contributed by atoms with Gasteiger partial charge in [0.1, 0.15) is 5.69 Å². The van der Waals surface area contributed by atoms with E-state index in [1.165, 1.54) is 18.2 Å². The lowest BCUT2D eigenvalue weighted by Gasteiger charge is -1.99. The van der Waals surface area contributed by atoms with Crippen LogP contribution in [0, 0.1) is 10.1 Å². The van der Waals surface area contributed by atoms with Crippen molar-refractivity contribution in [3.63, 3.8) is 0 Å². The Balaban J connectivity index is 1.63. The molecule has 2 aromatic heterocycles. The van der Waals surface area contributed by atoms with Crippen molar-refractivity contribution >= 4 is 34.4 Å². The van der Waals surface area contributed by atoms with Gasteiger partial charge < -0.3 is 4.98 Å². The summed E-state index contributed by atoms with van der Waals surface area (Å²) in [4.78, 5) is 33.3. The van der Waals surface area contributed by atoms with Gasteiger partial charge in [-0.3, -0.25) is 19.9 Å². The number of carbonyl (C=O) groups is 1. The van der Waals surface area contributed by atoms with Crippen LogP contribution in [-0.4, -0.2) is 26.2 Å². The van der Waals surface area contributed by atoms with E-state index in [4.69, 9.17) is 0 Å². The average Bonchev–Trinajstić information content (AvgIpc) is 3.16. The molecule has 0 radical (unpaired) electrons. The normalized spacial score (nSPS) is 11.1. The Hall–Kier alpha value is -4.27. The number of nitro groups is 1. The fourth-order valence-corrected chi connectivity index (χ4v) is 2.67. The minimum Gasteiger partial charge on any atom is -0.337 e. The minimum atomic E-state index is -0.618. The quantitative estimate of drug-likeness (QED) is 0.234. The summed E-state index contributed by atoms with van der Waals surface area (Å²) in [6.07, 6.45) is 2.01. The van der Waals surface area contributed by atoms with Crippen LogP contribution < -0.4 is 0 Å². The van der Waals surface area contributed by atoms with Crippen LogP contribution in [0.3, 0.4) is 0 Å². The molecule has 0 saturated heterocycles. The number of nitro benzene ring substituents is 1. The molecule has 9 nitrogen and oxygen atoms in total.